The first-order valence-electron chi connectivity index (χ1n) is 8.69. The van der Waals surface area contributed by atoms with Crippen molar-refractivity contribution in [3.05, 3.63) is 81.0 Å². The van der Waals surface area contributed by atoms with E-state index in [4.69, 9.17) is 0 Å². The molecule has 3 aromatic rings. The number of anilines is 1. The maximum Gasteiger partial charge on any atom is 0.273 e. The molecular formula is C19H16N4O5S. The van der Waals surface area contributed by atoms with E-state index < -0.39 is 20.7 Å². The fraction of sp³-hybridized carbons (Fsp3) is 0.158. The van der Waals surface area contributed by atoms with Gasteiger partial charge in [-0.15, -0.1) is 0 Å². The molecule has 0 unspecified atom stereocenters. The third kappa shape index (κ3) is 3.38. The molecule has 1 aliphatic rings. The fourth-order valence-electron chi connectivity index (χ4n) is 3.37. The molecule has 10 heteroatoms. The third-order valence-electron chi connectivity index (χ3n) is 4.77. The second-order valence-electron chi connectivity index (χ2n) is 6.71. The number of fused-ring (bicyclic) bond motifs is 1. The van der Waals surface area contributed by atoms with E-state index in [-0.39, 0.29) is 34.1 Å². The molecule has 0 atom stereocenters. The Labute approximate surface area is 166 Å². The summed E-state index contributed by atoms with van der Waals surface area (Å²) in [4.78, 5) is 23.5. The van der Waals surface area contributed by atoms with E-state index in [1.54, 1.807) is 24.3 Å². The molecule has 0 radical (unpaired) electrons. The summed E-state index contributed by atoms with van der Waals surface area (Å²) in [6.45, 7) is 1.50. The lowest BCUT2D eigenvalue weighted by Crippen LogP contribution is -2.18. The predicted octanol–water partition coefficient (Wildman–Crippen LogP) is 2.77. The molecule has 1 amide bonds. The maximum absolute atomic E-state index is 12.9. The Hall–Kier alpha value is -3.53. The van der Waals surface area contributed by atoms with Crippen LogP contribution in [0.3, 0.4) is 0 Å². The molecule has 148 valence electrons. The Morgan fingerprint density at radius 3 is 2.55 bits per heavy atom. The molecule has 0 fully saturated rings. The van der Waals surface area contributed by atoms with Crippen molar-refractivity contribution in [2.75, 3.05) is 5.32 Å². The lowest BCUT2D eigenvalue weighted by Gasteiger charge is -2.12. The monoisotopic (exact) mass is 412 g/mol. The van der Waals surface area contributed by atoms with Crippen LogP contribution in [0.25, 0.3) is 5.69 Å². The number of carbonyl (C=O) groups is 1. The third-order valence-corrected chi connectivity index (χ3v) is 6.21. The van der Waals surface area contributed by atoms with Crippen LogP contribution < -0.4 is 5.32 Å². The average molecular weight is 412 g/mol. The van der Waals surface area contributed by atoms with Gasteiger partial charge in [-0.05, 0) is 25.1 Å². The van der Waals surface area contributed by atoms with Crippen LogP contribution in [0.4, 0.5) is 11.5 Å². The van der Waals surface area contributed by atoms with Gasteiger partial charge in [0, 0.05) is 22.8 Å². The van der Waals surface area contributed by atoms with Gasteiger partial charge in [0.25, 0.3) is 11.6 Å². The first-order chi connectivity index (χ1) is 13.8. The van der Waals surface area contributed by atoms with Gasteiger partial charge in [-0.3, -0.25) is 14.9 Å². The SMILES string of the molecule is Cc1c(C(=O)Nc2c3c(nn2-c2ccccc2)CS(=O)(=O)C3)cccc1[N+](=O)[O-]. The molecule has 2 heterocycles. The molecule has 0 aliphatic carbocycles. The summed E-state index contributed by atoms with van der Waals surface area (Å²) < 4.78 is 25.6. The second-order valence-corrected chi connectivity index (χ2v) is 8.78. The molecule has 4 rings (SSSR count). The maximum atomic E-state index is 12.9. The number of nitrogens with one attached hydrogen (secondary N) is 1. The largest absolute Gasteiger partial charge is 0.306 e. The van der Waals surface area contributed by atoms with Crippen LogP contribution in [0.1, 0.15) is 27.2 Å². The number of sulfone groups is 1. The average Bonchev–Trinajstić information content (AvgIpc) is 3.15. The van der Waals surface area contributed by atoms with E-state index in [0.29, 0.717) is 16.9 Å². The van der Waals surface area contributed by atoms with Crippen molar-refractivity contribution in [2.45, 2.75) is 18.4 Å². The van der Waals surface area contributed by atoms with E-state index in [9.17, 15) is 23.3 Å². The number of hydrogen-bond acceptors (Lipinski definition) is 6. The highest BCUT2D eigenvalue weighted by atomic mass is 32.2. The fourth-order valence-corrected chi connectivity index (χ4v) is 4.86. The number of nitro benzene ring substituents is 1. The van der Waals surface area contributed by atoms with E-state index in [2.05, 4.69) is 10.4 Å². The minimum atomic E-state index is -3.33. The summed E-state index contributed by atoms with van der Waals surface area (Å²) >= 11 is 0. The number of hydrogen-bond donors (Lipinski definition) is 1. The van der Waals surface area contributed by atoms with Crippen LogP contribution in [0.15, 0.2) is 48.5 Å². The number of nitro groups is 1. The van der Waals surface area contributed by atoms with Crippen molar-refractivity contribution in [1.82, 2.24) is 9.78 Å². The van der Waals surface area contributed by atoms with Gasteiger partial charge in [-0.25, -0.2) is 13.1 Å². The summed E-state index contributed by atoms with van der Waals surface area (Å²) in [7, 11) is -3.33. The lowest BCUT2D eigenvalue weighted by molar-refractivity contribution is -0.385. The molecule has 1 N–H and O–H groups in total. The number of rotatable bonds is 4. The van der Waals surface area contributed by atoms with E-state index in [1.807, 2.05) is 6.07 Å². The van der Waals surface area contributed by atoms with Crippen LogP contribution >= 0.6 is 0 Å². The summed E-state index contributed by atoms with van der Waals surface area (Å²) in [6, 6.07) is 13.2. The van der Waals surface area contributed by atoms with E-state index >= 15 is 0 Å². The normalized spacial score (nSPS) is 14.4. The number of amides is 1. The van der Waals surface area contributed by atoms with Gasteiger partial charge in [-0.1, -0.05) is 24.3 Å². The molecule has 0 bridgehead atoms. The molecule has 2 aromatic carbocycles. The Balaban J connectivity index is 1.79. The lowest BCUT2D eigenvalue weighted by atomic mass is 10.1. The van der Waals surface area contributed by atoms with Crippen molar-refractivity contribution in [3.8, 4) is 5.69 Å². The number of benzene rings is 2. The van der Waals surface area contributed by atoms with Gasteiger partial charge >= 0.3 is 0 Å². The first kappa shape index (κ1) is 18.8. The van der Waals surface area contributed by atoms with Gasteiger partial charge in [0.15, 0.2) is 9.84 Å². The zero-order valence-corrected chi connectivity index (χ0v) is 16.1. The molecule has 9 nitrogen and oxygen atoms in total. The topological polar surface area (TPSA) is 124 Å². The van der Waals surface area contributed by atoms with Gasteiger partial charge < -0.3 is 5.32 Å². The van der Waals surface area contributed by atoms with E-state index in [1.165, 1.54) is 29.8 Å². The Morgan fingerprint density at radius 1 is 1.14 bits per heavy atom. The predicted molar refractivity (Wildman–Crippen MR) is 106 cm³/mol. The van der Waals surface area contributed by atoms with Crippen molar-refractivity contribution in [3.63, 3.8) is 0 Å². The van der Waals surface area contributed by atoms with Gasteiger partial charge in [0.05, 0.1) is 27.8 Å². The van der Waals surface area contributed by atoms with Crippen LogP contribution in [-0.4, -0.2) is 29.0 Å². The standard InChI is InChI=1S/C19H16N4O5S/c1-12-14(8-5-9-17(12)23(25)26)19(24)20-18-15-10-29(27,28)11-16(15)21-22(18)13-6-3-2-4-7-13/h2-9H,10-11H2,1H3,(H,20,24). The van der Waals surface area contributed by atoms with Gasteiger partial charge in [0.1, 0.15) is 5.82 Å². The summed E-state index contributed by atoms with van der Waals surface area (Å²) in [5.41, 5.74) is 1.68. The Bertz CT molecular complexity index is 1250. The van der Waals surface area contributed by atoms with Crippen molar-refractivity contribution < 1.29 is 18.1 Å². The van der Waals surface area contributed by atoms with Crippen LogP contribution in [0.2, 0.25) is 0 Å². The van der Waals surface area contributed by atoms with Crippen LogP contribution in [0.5, 0.6) is 0 Å². The quantitative estimate of drug-likeness (QED) is 0.519. The molecule has 1 aromatic heterocycles. The minimum absolute atomic E-state index is 0.134. The first-order valence-corrected chi connectivity index (χ1v) is 10.5. The highest BCUT2D eigenvalue weighted by Gasteiger charge is 2.33. The highest BCUT2D eigenvalue weighted by molar-refractivity contribution is 7.90. The molecule has 1 aliphatic heterocycles. The van der Waals surface area contributed by atoms with Crippen LogP contribution in [0, 0.1) is 17.0 Å². The minimum Gasteiger partial charge on any atom is -0.306 e. The molecule has 0 saturated heterocycles. The van der Waals surface area contributed by atoms with Gasteiger partial charge in [-0.2, -0.15) is 5.10 Å². The van der Waals surface area contributed by atoms with Crippen molar-refractivity contribution in [1.29, 1.82) is 0 Å². The molecule has 0 spiro atoms. The summed E-state index contributed by atoms with van der Waals surface area (Å²) in [6.07, 6.45) is 0. The molecule has 29 heavy (non-hydrogen) atoms. The van der Waals surface area contributed by atoms with E-state index in [0.717, 1.165) is 0 Å². The summed E-state index contributed by atoms with van der Waals surface area (Å²) in [5, 5.41) is 18.3. The van der Waals surface area contributed by atoms with Crippen molar-refractivity contribution in [2.24, 2.45) is 0 Å². The zero-order valence-electron chi connectivity index (χ0n) is 15.3. The number of carbonyl (C=O) groups excluding carboxylic acids is 1. The van der Waals surface area contributed by atoms with Crippen LogP contribution in [-0.2, 0) is 21.3 Å². The zero-order chi connectivity index (χ0) is 20.8. The number of nitrogens with zero attached hydrogens (tertiary/aromatic N) is 3. The Morgan fingerprint density at radius 2 is 1.86 bits per heavy atom. The molecular weight excluding hydrogens is 396 g/mol. The molecule has 0 saturated carbocycles. The smallest absolute Gasteiger partial charge is 0.273 e. The number of aromatic nitrogens is 2. The van der Waals surface area contributed by atoms with Crippen molar-refractivity contribution >= 4 is 27.2 Å². The second kappa shape index (κ2) is 6.82. The summed E-state index contributed by atoms with van der Waals surface area (Å²) in [5.74, 6) is -0.738. The Kier molecular flexibility index (Phi) is 4.42. The van der Waals surface area contributed by atoms with Gasteiger partial charge in [0.2, 0.25) is 0 Å². The number of para-hydroxylation sites is 1. The highest BCUT2D eigenvalue weighted by Crippen LogP contribution is 2.33.